The van der Waals surface area contributed by atoms with Crippen molar-refractivity contribution in [2.45, 2.75) is 38.6 Å². The number of hydrogen-bond donors (Lipinski definition) is 2. The van der Waals surface area contributed by atoms with Crippen molar-refractivity contribution in [1.82, 2.24) is 5.32 Å². The first-order valence-corrected chi connectivity index (χ1v) is 6.61. The number of aliphatic hydroxyl groups is 1. The van der Waals surface area contributed by atoms with Crippen LogP contribution in [0.2, 0.25) is 0 Å². The van der Waals surface area contributed by atoms with E-state index in [-0.39, 0.29) is 18.6 Å². The number of nitrogens with one attached hydrogen (secondary N) is 1. The largest absolute Gasteiger partial charge is 0.396 e. The Kier molecular flexibility index (Phi) is 6.11. The molecule has 1 aromatic rings. The monoisotopic (exact) mass is 241 g/mol. The molecule has 0 spiro atoms. The van der Waals surface area contributed by atoms with E-state index < -0.39 is 0 Å². The quantitative estimate of drug-likeness (QED) is 0.766. The van der Waals surface area contributed by atoms with E-state index in [4.69, 9.17) is 5.11 Å². The number of aryl methyl sites for hydroxylation is 1. The van der Waals surface area contributed by atoms with Crippen molar-refractivity contribution in [3.8, 4) is 0 Å². The number of amides is 1. The van der Waals surface area contributed by atoms with Gasteiger partial charge >= 0.3 is 0 Å². The van der Waals surface area contributed by atoms with Crippen molar-refractivity contribution >= 4 is 17.2 Å². The van der Waals surface area contributed by atoms with Gasteiger partial charge in [0.05, 0.1) is 0 Å². The molecule has 90 valence electrons. The van der Waals surface area contributed by atoms with Gasteiger partial charge in [0.15, 0.2) is 0 Å². The predicted molar refractivity (Wildman–Crippen MR) is 66.6 cm³/mol. The molecule has 0 aliphatic heterocycles. The summed E-state index contributed by atoms with van der Waals surface area (Å²) in [4.78, 5) is 11.6. The van der Waals surface area contributed by atoms with Crippen LogP contribution >= 0.6 is 11.3 Å². The van der Waals surface area contributed by atoms with Crippen molar-refractivity contribution in [2.75, 3.05) is 6.61 Å². The van der Waals surface area contributed by atoms with E-state index in [9.17, 15) is 4.79 Å². The second kappa shape index (κ2) is 7.41. The van der Waals surface area contributed by atoms with Crippen molar-refractivity contribution < 1.29 is 9.90 Å². The van der Waals surface area contributed by atoms with E-state index in [0.29, 0.717) is 12.8 Å². The van der Waals surface area contributed by atoms with Gasteiger partial charge in [0.25, 0.3) is 0 Å². The molecule has 0 saturated heterocycles. The molecule has 0 aliphatic carbocycles. The molecule has 4 heteroatoms. The van der Waals surface area contributed by atoms with Crippen LogP contribution in [0.5, 0.6) is 0 Å². The Bertz CT molecular complexity index is 298. The molecule has 0 radical (unpaired) electrons. The van der Waals surface area contributed by atoms with Crippen LogP contribution in [-0.2, 0) is 11.2 Å². The molecule has 1 unspecified atom stereocenters. The van der Waals surface area contributed by atoms with Crippen LogP contribution in [0.15, 0.2) is 16.8 Å². The fourth-order valence-corrected chi connectivity index (χ4v) is 2.23. The Balaban J connectivity index is 2.24. The number of hydrogen-bond acceptors (Lipinski definition) is 3. The first kappa shape index (κ1) is 13.2. The summed E-state index contributed by atoms with van der Waals surface area (Å²) in [6.45, 7) is 2.14. The third-order valence-electron chi connectivity index (χ3n) is 2.56. The predicted octanol–water partition coefficient (Wildman–Crippen LogP) is 1.96. The highest BCUT2D eigenvalue weighted by molar-refractivity contribution is 7.07. The molecule has 16 heavy (non-hydrogen) atoms. The fourth-order valence-electron chi connectivity index (χ4n) is 1.53. The van der Waals surface area contributed by atoms with E-state index in [2.05, 4.69) is 10.7 Å². The van der Waals surface area contributed by atoms with Crippen LogP contribution in [0.25, 0.3) is 0 Å². The Hall–Kier alpha value is -0.870. The van der Waals surface area contributed by atoms with Crippen LogP contribution < -0.4 is 5.32 Å². The summed E-state index contributed by atoms with van der Waals surface area (Å²) in [5.74, 6) is 0.0755. The lowest BCUT2D eigenvalue weighted by atomic mass is 10.1. The number of aliphatic hydroxyl groups excluding tert-OH is 1. The topological polar surface area (TPSA) is 49.3 Å². The Morgan fingerprint density at radius 2 is 2.44 bits per heavy atom. The van der Waals surface area contributed by atoms with Gasteiger partial charge in [-0.15, -0.1) is 0 Å². The summed E-state index contributed by atoms with van der Waals surface area (Å²) in [5, 5.41) is 15.8. The van der Waals surface area contributed by atoms with Gasteiger partial charge in [0.1, 0.15) is 0 Å². The molecule has 0 aliphatic rings. The smallest absolute Gasteiger partial charge is 0.220 e. The lowest BCUT2D eigenvalue weighted by molar-refractivity contribution is -0.121. The summed E-state index contributed by atoms with van der Waals surface area (Å²) >= 11 is 1.65. The summed E-state index contributed by atoms with van der Waals surface area (Å²) < 4.78 is 0. The van der Waals surface area contributed by atoms with Crippen molar-refractivity contribution in [1.29, 1.82) is 0 Å². The molecule has 0 fully saturated rings. The van der Waals surface area contributed by atoms with Gasteiger partial charge in [-0.3, -0.25) is 4.79 Å². The lowest BCUT2D eigenvalue weighted by Crippen LogP contribution is -2.35. The molecular weight excluding hydrogens is 222 g/mol. The second-order valence-corrected chi connectivity index (χ2v) is 4.60. The SMILES string of the molecule is CCC(CCO)NC(=O)CCc1ccsc1. The number of rotatable bonds is 7. The Labute approximate surface area is 100 Å². The molecule has 1 amide bonds. The molecule has 2 N–H and O–H groups in total. The highest BCUT2D eigenvalue weighted by Gasteiger charge is 2.09. The van der Waals surface area contributed by atoms with Crippen LogP contribution in [0.1, 0.15) is 31.7 Å². The van der Waals surface area contributed by atoms with Crippen LogP contribution in [-0.4, -0.2) is 23.7 Å². The average molecular weight is 241 g/mol. The van der Waals surface area contributed by atoms with Crippen LogP contribution in [0, 0.1) is 0 Å². The van der Waals surface area contributed by atoms with Crippen LogP contribution in [0.4, 0.5) is 0 Å². The molecular formula is C12H19NO2S. The van der Waals surface area contributed by atoms with Crippen molar-refractivity contribution in [2.24, 2.45) is 0 Å². The zero-order chi connectivity index (χ0) is 11.8. The normalized spacial score (nSPS) is 12.4. The van der Waals surface area contributed by atoms with E-state index in [1.54, 1.807) is 11.3 Å². The van der Waals surface area contributed by atoms with Gasteiger partial charge < -0.3 is 10.4 Å². The van der Waals surface area contributed by atoms with Gasteiger partial charge in [-0.25, -0.2) is 0 Å². The minimum absolute atomic E-state index is 0.0755. The first-order valence-electron chi connectivity index (χ1n) is 5.67. The van der Waals surface area contributed by atoms with Gasteiger partial charge in [0, 0.05) is 19.1 Å². The highest BCUT2D eigenvalue weighted by atomic mass is 32.1. The fraction of sp³-hybridized carbons (Fsp3) is 0.583. The molecule has 0 bridgehead atoms. The zero-order valence-electron chi connectivity index (χ0n) is 9.61. The van der Waals surface area contributed by atoms with E-state index in [0.717, 1.165) is 12.8 Å². The third kappa shape index (κ3) is 4.77. The maximum absolute atomic E-state index is 11.6. The van der Waals surface area contributed by atoms with Crippen molar-refractivity contribution in [3.63, 3.8) is 0 Å². The molecule has 0 aromatic carbocycles. The third-order valence-corrected chi connectivity index (χ3v) is 3.29. The van der Waals surface area contributed by atoms with Gasteiger partial charge in [0.2, 0.25) is 5.91 Å². The summed E-state index contributed by atoms with van der Waals surface area (Å²) in [7, 11) is 0. The molecule has 1 rings (SSSR count). The Morgan fingerprint density at radius 3 is 3.00 bits per heavy atom. The number of thiophene rings is 1. The van der Waals surface area contributed by atoms with E-state index in [1.807, 2.05) is 18.4 Å². The summed E-state index contributed by atoms with van der Waals surface area (Å²) in [5.41, 5.74) is 1.22. The maximum Gasteiger partial charge on any atom is 0.220 e. The molecule has 1 aromatic heterocycles. The molecule has 0 saturated carbocycles. The number of carbonyl (C=O) groups excluding carboxylic acids is 1. The van der Waals surface area contributed by atoms with Crippen molar-refractivity contribution in [3.05, 3.63) is 22.4 Å². The highest BCUT2D eigenvalue weighted by Crippen LogP contribution is 2.08. The first-order chi connectivity index (χ1) is 7.76. The standard InChI is InChI=1S/C12H19NO2S/c1-2-11(5-7-14)13-12(15)4-3-10-6-8-16-9-10/h6,8-9,11,14H,2-5,7H2,1H3,(H,13,15). The Morgan fingerprint density at radius 1 is 1.62 bits per heavy atom. The molecule has 1 atom stereocenters. The van der Waals surface area contributed by atoms with Crippen LogP contribution in [0.3, 0.4) is 0 Å². The molecule has 3 nitrogen and oxygen atoms in total. The lowest BCUT2D eigenvalue weighted by Gasteiger charge is -2.15. The minimum atomic E-state index is 0.0755. The summed E-state index contributed by atoms with van der Waals surface area (Å²) in [6.07, 6.45) is 2.83. The van der Waals surface area contributed by atoms with E-state index in [1.165, 1.54) is 5.56 Å². The van der Waals surface area contributed by atoms with Gasteiger partial charge in [-0.2, -0.15) is 11.3 Å². The average Bonchev–Trinajstić information content (AvgIpc) is 2.78. The van der Waals surface area contributed by atoms with E-state index >= 15 is 0 Å². The molecule has 1 heterocycles. The maximum atomic E-state index is 11.6. The van der Waals surface area contributed by atoms with Gasteiger partial charge in [-0.1, -0.05) is 6.92 Å². The minimum Gasteiger partial charge on any atom is -0.396 e. The zero-order valence-corrected chi connectivity index (χ0v) is 10.4. The summed E-state index contributed by atoms with van der Waals surface area (Å²) in [6, 6.07) is 2.16. The second-order valence-electron chi connectivity index (χ2n) is 3.82. The number of carbonyl (C=O) groups is 1. The van der Waals surface area contributed by atoms with Gasteiger partial charge in [-0.05, 0) is 41.7 Å².